The van der Waals surface area contributed by atoms with E-state index < -0.39 is 17.7 Å². The molecule has 0 spiro atoms. The van der Waals surface area contributed by atoms with Crippen molar-refractivity contribution in [2.24, 2.45) is 0 Å². The molecule has 37 heavy (non-hydrogen) atoms. The summed E-state index contributed by atoms with van der Waals surface area (Å²) in [4.78, 5) is 31.8. The molecule has 1 amide bonds. The molecule has 7 nitrogen and oxygen atoms in total. The number of rotatable bonds is 7. The lowest BCUT2D eigenvalue weighted by atomic mass is 9.95. The van der Waals surface area contributed by atoms with Crippen LogP contribution in [-0.2, 0) is 22.7 Å². The number of hydrogen-bond acceptors (Lipinski definition) is 6. The Bertz CT molecular complexity index is 1430. The van der Waals surface area contributed by atoms with Crippen molar-refractivity contribution in [1.82, 2.24) is 9.88 Å². The van der Waals surface area contributed by atoms with E-state index in [1.807, 2.05) is 36.4 Å². The molecule has 2 N–H and O–H groups in total. The number of phenolic OH excluding ortho intramolecular Hbond substituents is 1. The Morgan fingerprint density at radius 3 is 2.24 bits per heavy atom. The van der Waals surface area contributed by atoms with Crippen molar-refractivity contribution in [2.75, 3.05) is 0 Å². The Morgan fingerprint density at radius 2 is 1.57 bits per heavy atom. The molecule has 1 aliphatic heterocycles. The number of carbonyl (C=O) groups excluding carboxylic acids is 2. The summed E-state index contributed by atoms with van der Waals surface area (Å²) in [6.07, 6.45) is 3.25. The number of pyridine rings is 1. The lowest BCUT2D eigenvalue weighted by Crippen LogP contribution is -2.29. The number of aromatic hydroxyl groups is 1. The van der Waals surface area contributed by atoms with Gasteiger partial charge < -0.3 is 19.8 Å². The standard InChI is InChI=1S/C30H24N2O5/c33-24-12-8-22(9-13-24)27-26(29(35)30(36)32(27)18-21-7-4-16-31-17-21)28(34)23-10-14-25(15-11-23)37-19-20-5-2-1-3-6-20/h1-17,27,33-34H,18-19H2/b28-26+/t27-/m0/s1. The first-order valence-corrected chi connectivity index (χ1v) is 11.7. The number of benzene rings is 3. The summed E-state index contributed by atoms with van der Waals surface area (Å²) in [5.74, 6) is -1.11. The second-order valence-corrected chi connectivity index (χ2v) is 8.68. The first-order chi connectivity index (χ1) is 18.0. The minimum atomic E-state index is -0.838. The van der Waals surface area contributed by atoms with Crippen LogP contribution in [0.4, 0.5) is 0 Å². The monoisotopic (exact) mass is 492 g/mol. The number of aliphatic hydroxyl groups excluding tert-OH is 1. The minimum absolute atomic E-state index is 0.0162. The number of likely N-dealkylation sites (tertiary alicyclic amines) is 1. The highest BCUT2D eigenvalue weighted by atomic mass is 16.5. The van der Waals surface area contributed by atoms with Crippen molar-refractivity contribution in [3.8, 4) is 11.5 Å². The molecule has 5 rings (SSSR count). The largest absolute Gasteiger partial charge is 0.508 e. The van der Waals surface area contributed by atoms with Crippen molar-refractivity contribution in [2.45, 2.75) is 19.2 Å². The Balaban J connectivity index is 1.48. The number of Topliss-reactive ketones (excluding diaryl/α,β-unsaturated/α-hetero) is 1. The number of hydrogen-bond donors (Lipinski definition) is 2. The maximum Gasteiger partial charge on any atom is 0.295 e. The molecule has 2 heterocycles. The second kappa shape index (κ2) is 10.4. The van der Waals surface area contributed by atoms with Gasteiger partial charge in [0.2, 0.25) is 0 Å². The number of nitrogens with zero attached hydrogens (tertiary/aromatic N) is 2. The summed E-state index contributed by atoms with van der Waals surface area (Å²) in [7, 11) is 0. The highest BCUT2D eigenvalue weighted by Gasteiger charge is 2.46. The minimum Gasteiger partial charge on any atom is -0.508 e. The summed E-state index contributed by atoms with van der Waals surface area (Å²) >= 11 is 0. The maximum absolute atomic E-state index is 13.2. The number of aliphatic hydroxyl groups is 1. The van der Waals surface area contributed by atoms with Crippen molar-refractivity contribution < 1.29 is 24.5 Å². The van der Waals surface area contributed by atoms with Gasteiger partial charge in [-0.25, -0.2) is 0 Å². The molecule has 1 fully saturated rings. The van der Waals surface area contributed by atoms with Gasteiger partial charge in [0, 0.05) is 24.5 Å². The smallest absolute Gasteiger partial charge is 0.295 e. The van der Waals surface area contributed by atoms with Gasteiger partial charge in [-0.3, -0.25) is 14.6 Å². The molecule has 3 aromatic carbocycles. The van der Waals surface area contributed by atoms with Crippen molar-refractivity contribution in [1.29, 1.82) is 0 Å². The van der Waals surface area contributed by atoms with Gasteiger partial charge in [0.25, 0.3) is 11.7 Å². The summed E-state index contributed by atoms with van der Waals surface area (Å²) < 4.78 is 5.82. The van der Waals surface area contributed by atoms with Gasteiger partial charge >= 0.3 is 0 Å². The topological polar surface area (TPSA) is 100.0 Å². The van der Waals surface area contributed by atoms with Crippen molar-refractivity contribution in [3.05, 3.63) is 131 Å². The predicted molar refractivity (Wildman–Crippen MR) is 137 cm³/mol. The van der Waals surface area contributed by atoms with Crippen LogP contribution in [0.25, 0.3) is 5.76 Å². The van der Waals surface area contributed by atoms with E-state index in [-0.39, 0.29) is 23.6 Å². The summed E-state index contributed by atoms with van der Waals surface area (Å²) in [6.45, 7) is 0.527. The lowest BCUT2D eigenvalue weighted by molar-refractivity contribution is -0.140. The van der Waals surface area contributed by atoms with Gasteiger partial charge in [-0.1, -0.05) is 48.5 Å². The van der Waals surface area contributed by atoms with Gasteiger partial charge in [-0.15, -0.1) is 0 Å². The third-order valence-electron chi connectivity index (χ3n) is 6.20. The highest BCUT2D eigenvalue weighted by molar-refractivity contribution is 6.46. The summed E-state index contributed by atoms with van der Waals surface area (Å²) in [6, 6.07) is 25.4. The first kappa shape index (κ1) is 23.8. The zero-order valence-corrected chi connectivity index (χ0v) is 19.8. The summed E-state index contributed by atoms with van der Waals surface area (Å²) in [5, 5.41) is 21.0. The van der Waals surface area contributed by atoms with Crippen LogP contribution in [0.5, 0.6) is 11.5 Å². The van der Waals surface area contributed by atoms with Crippen LogP contribution in [0.1, 0.15) is 28.3 Å². The van der Waals surface area contributed by atoms with E-state index in [4.69, 9.17) is 4.74 Å². The van der Waals surface area contributed by atoms with Crippen LogP contribution < -0.4 is 4.74 Å². The van der Waals surface area contributed by atoms with E-state index >= 15 is 0 Å². The van der Waals surface area contributed by atoms with E-state index in [2.05, 4.69) is 4.98 Å². The molecule has 0 aliphatic carbocycles. The molecule has 0 bridgehead atoms. The molecule has 0 saturated carbocycles. The van der Waals surface area contributed by atoms with Crippen LogP contribution in [0, 0.1) is 0 Å². The van der Waals surface area contributed by atoms with Gasteiger partial charge in [0.15, 0.2) is 0 Å². The fraction of sp³-hybridized carbons (Fsp3) is 0.100. The predicted octanol–water partition coefficient (Wildman–Crippen LogP) is 4.99. The van der Waals surface area contributed by atoms with Crippen LogP contribution >= 0.6 is 0 Å². The molecule has 0 radical (unpaired) electrons. The van der Waals surface area contributed by atoms with Gasteiger partial charge in [0.1, 0.15) is 23.9 Å². The third-order valence-corrected chi connectivity index (χ3v) is 6.20. The van der Waals surface area contributed by atoms with Gasteiger partial charge in [-0.05, 0) is 59.2 Å². The third kappa shape index (κ3) is 5.06. The van der Waals surface area contributed by atoms with Crippen LogP contribution in [-0.4, -0.2) is 31.8 Å². The lowest BCUT2D eigenvalue weighted by Gasteiger charge is -2.25. The fourth-order valence-electron chi connectivity index (χ4n) is 4.34. The van der Waals surface area contributed by atoms with E-state index in [1.165, 1.54) is 17.0 Å². The Morgan fingerprint density at radius 1 is 0.865 bits per heavy atom. The number of ether oxygens (including phenoxy) is 1. The zero-order valence-electron chi connectivity index (χ0n) is 19.8. The van der Waals surface area contributed by atoms with E-state index in [0.29, 0.717) is 23.5 Å². The van der Waals surface area contributed by atoms with Crippen LogP contribution in [0.2, 0.25) is 0 Å². The SMILES string of the molecule is O=C1C(=O)N(Cc2cccnc2)[C@@H](c2ccc(O)cc2)/C1=C(\O)c1ccc(OCc2ccccc2)cc1. The number of ketones is 1. The Labute approximate surface area is 213 Å². The van der Waals surface area contributed by atoms with Crippen molar-refractivity contribution in [3.63, 3.8) is 0 Å². The molecule has 4 aromatic rings. The number of carbonyl (C=O) groups is 2. The highest BCUT2D eigenvalue weighted by Crippen LogP contribution is 2.40. The average molecular weight is 493 g/mol. The zero-order chi connectivity index (χ0) is 25.8. The van der Waals surface area contributed by atoms with E-state index in [9.17, 15) is 19.8 Å². The number of phenols is 1. The van der Waals surface area contributed by atoms with Crippen molar-refractivity contribution >= 4 is 17.4 Å². The molecule has 1 saturated heterocycles. The quantitative estimate of drug-likeness (QED) is 0.214. The fourth-order valence-corrected chi connectivity index (χ4v) is 4.34. The normalized spacial score (nSPS) is 16.6. The molecule has 1 aliphatic rings. The summed E-state index contributed by atoms with van der Waals surface area (Å²) in [5.41, 5.74) is 2.73. The number of amides is 1. The average Bonchev–Trinajstić information content (AvgIpc) is 3.18. The Hall–Kier alpha value is -4.91. The molecule has 1 aromatic heterocycles. The van der Waals surface area contributed by atoms with E-state index in [0.717, 1.165) is 11.1 Å². The molecule has 1 atom stereocenters. The van der Waals surface area contributed by atoms with Crippen LogP contribution in [0.3, 0.4) is 0 Å². The van der Waals surface area contributed by atoms with E-state index in [1.54, 1.807) is 54.9 Å². The maximum atomic E-state index is 13.2. The van der Waals surface area contributed by atoms with Gasteiger partial charge in [0.05, 0.1) is 11.6 Å². The molecule has 184 valence electrons. The van der Waals surface area contributed by atoms with Crippen LogP contribution in [0.15, 0.2) is 109 Å². The first-order valence-electron chi connectivity index (χ1n) is 11.7. The molecular weight excluding hydrogens is 468 g/mol. The Kier molecular flexibility index (Phi) is 6.68. The second-order valence-electron chi connectivity index (χ2n) is 8.68. The number of aromatic nitrogens is 1. The molecule has 7 heteroatoms. The van der Waals surface area contributed by atoms with Gasteiger partial charge in [-0.2, -0.15) is 0 Å². The molecular formula is C30H24N2O5. The molecule has 0 unspecified atom stereocenters.